The maximum Gasteiger partial charge on any atom is 0.231 e. The number of hydrogen-bond acceptors (Lipinski definition) is 4. The van der Waals surface area contributed by atoms with Crippen LogP contribution >= 0.6 is 0 Å². The lowest BCUT2D eigenvalue weighted by molar-refractivity contribution is 0.174. The van der Waals surface area contributed by atoms with Crippen molar-refractivity contribution in [3.05, 3.63) is 89.5 Å². The number of rotatable bonds is 5. The van der Waals surface area contributed by atoms with Crippen LogP contribution in [0, 0.1) is 11.3 Å². The van der Waals surface area contributed by atoms with Crippen LogP contribution < -0.4 is 14.2 Å². The van der Waals surface area contributed by atoms with Crippen molar-refractivity contribution in [3.63, 3.8) is 0 Å². The first-order valence-electron chi connectivity index (χ1n) is 8.60. The lowest BCUT2D eigenvalue weighted by Gasteiger charge is -2.07. The average Bonchev–Trinajstić information content (AvgIpc) is 3.20. The van der Waals surface area contributed by atoms with Crippen LogP contribution in [-0.2, 0) is 6.61 Å². The van der Waals surface area contributed by atoms with Gasteiger partial charge in [-0.3, -0.25) is 0 Å². The van der Waals surface area contributed by atoms with Gasteiger partial charge < -0.3 is 14.2 Å². The highest BCUT2D eigenvalue weighted by atomic mass is 16.7. The second kappa shape index (κ2) is 7.67. The number of hydrogen-bond donors (Lipinski definition) is 0. The van der Waals surface area contributed by atoms with Gasteiger partial charge in [0.1, 0.15) is 12.4 Å². The Balaban J connectivity index is 1.48. The molecule has 0 atom stereocenters. The molecule has 27 heavy (non-hydrogen) atoms. The van der Waals surface area contributed by atoms with Crippen molar-refractivity contribution < 1.29 is 14.2 Å². The summed E-state index contributed by atoms with van der Waals surface area (Å²) in [5, 5.41) is 9.54. The van der Waals surface area contributed by atoms with E-state index in [2.05, 4.69) is 6.07 Å². The first-order chi connectivity index (χ1) is 13.3. The van der Waals surface area contributed by atoms with Crippen molar-refractivity contribution >= 4 is 11.6 Å². The third kappa shape index (κ3) is 3.94. The summed E-state index contributed by atoms with van der Waals surface area (Å²) >= 11 is 0. The summed E-state index contributed by atoms with van der Waals surface area (Å²) in [6.45, 7) is 0.742. The van der Waals surface area contributed by atoms with Crippen molar-refractivity contribution in [2.45, 2.75) is 6.61 Å². The van der Waals surface area contributed by atoms with Crippen molar-refractivity contribution in [2.24, 2.45) is 0 Å². The Morgan fingerprint density at radius 3 is 2.52 bits per heavy atom. The third-order valence-electron chi connectivity index (χ3n) is 4.24. The molecule has 1 aliphatic rings. The summed E-state index contributed by atoms with van der Waals surface area (Å²) in [6, 6.07) is 25.5. The molecule has 0 spiro atoms. The maximum absolute atomic E-state index is 9.54. The van der Waals surface area contributed by atoms with Crippen LogP contribution in [0.15, 0.2) is 72.8 Å². The number of fused-ring (bicyclic) bond motifs is 1. The molecule has 0 bridgehead atoms. The van der Waals surface area contributed by atoms with Gasteiger partial charge in [-0.15, -0.1) is 0 Å². The highest BCUT2D eigenvalue weighted by Gasteiger charge is 2.14. The SMILES string of the molecule is N#C/C(=C/c1ccc(OCc2ccccc2)cc1)c1ccc2c(c1)OCO2. The molecule has 1 heterocycles. The smallest absolute Gasteiger partial charge is 0.231 e. The van der Waals surface area contributed by atoms with Gasteiger partial charge in [-0.2, -0.15) is 5.26 Å². The van der Waals surface area contributed by atoms with Crippen LogP contribution in [0.4, 0.5) is 0 Å². The minimum Gasteiger partial charge on any atom is -0.489 e. The number of allylic oxidation sites excluding steroid dienone is 1. The van der Waals surface area contributed by atoms with E-state index in [1.807, 2.05) is 78.9 Å². The highest BCUT2D eigenvalue weighted by Crippen LogP contribution is 2.34. The molecule has 0 aromatic heterocycles. The Bertz CT molecular complexity index is 1000. The molecule has 4 nitrogen and oxygen atoms in total. The molecule has 0 N–H and O–H groups in total. The zero-order valence-corrected chi connectivity index (χ0v) is 14.6. The van der Waals surface area contributed by atoms with Gasteiger partial charge in [-0.1, -0.05) is 42.5 Å². The maximum atomic E-state index is 9.54. The molecular formula is C23H17NO3. The Morgan fingerprint density at radius 1 is 0.963 bits per heavy atom. The van der Waals surface area contributed by atoms with Crippen LogP contribution in [-0.4, -0.2) is 6.79 Å². The largest absolute Gasteiger partial charge is 0.489 e. The normalized spacial score (nSPS) is 12.5. The Kier molecular flexibility index (Phi) is 4.76. The molecule has 132 valence electrons. The Labute approximate surface area is 157 Å². The summed E-state index contributed by atoms with van der Waals surface area (Å²) in [5.41, 5.74) is 3.41. The van der Waals surface area contributed by atoms with Gasteiger partial charge in [0.25, 0.3) is 0 Å². The summed E-state index contributed by atoms with van der Waals surface area (Å²) in [5.74, 6) is 2.16. The second-order valence-corrected chi connectivity index (χ2v) is 6.08. The van der Waals surface area contributed by atoms with Gasteiger partial charge in [-0.05, 0) is 53.1 Å². The molecule has 0 saturated heterocycles. The molecule has 0 fully saturated rings. The first-order valence-corrected chi connectivity index (χ1v) is 8.60. The standard InChI is InChI=1S/C23H17NO3/c24-14-20(19-8-11-22-23(13-19)27-16-26-22)12-17-6-9-21(10-7-17)25-15-18-4-2-1-3-5-18/h1-13H,15-16H2/b20-12-. The fraction of sp³-hybridized carbons (Fsp3) is 0.0870. The molecular weight excluding hydrogens is 338 g/mol. The van der Waals surface area contributed by atoms with E-state index in [0.29, 0.717) is 23.7 Å². The lowest BCUT2D eigenvalue weighted by Crippen LogP contribution is -1.94. The van der Waals surface area contributed by atoms with Crippen molar-refractivity contribution in [1.82, 2.24) is 0 Å². The molecule has 4 heteroatoms. The molecule has 0 unspecified atom stereocenters. The zero-order chi connectivity index (χ0) is 18.5. The van der Waals surface area contributed by atoms with E-state index >= 15 is 0 Å². The van der Waals surface area contributed by atoms with E-state index in [0.717, 1.165) is 22.4 Å². The van der Waals surface area contributed by atoms with Crippen molar-refractivity contribution in [3.8, 4) is 23.3 Å². The van der Waals surface area contributed by atoms with E-state index in [1.54, 1.807) is 0 Å². The summed E-state index contributed by atoms with van der Waals surface area (Å²) in [7, 11) is 0. The van der Waals surface area contributed by atoms with Gasteiger partial charge in [0.15, 0.2) is 11.5 Å². The Hall–Kier alpha value is -3.71. The third-order valence-corrected chi connectivity index (χ3v) is 4.24. The number of nitriles is 1. The summed E-state index contributed by atoms with van der Waals surface area (Å²) in [4.78, 5) is 0. The average molecular weight is 355 g/mol. The van der Waals surface area contributed by atoms with Gasteiger partial charge in [0.2, 0.25) is 6.79 Å². The molecule has 0 radical (unpaired) electrons. The van der Waals surface area contributed by atoms with Gasteiger partial charge in [0, 0.05) is 0 Å². The van der Waals surface area contributed by atoms with E-state index in [4.69, 9.17) is 14.2 Å². The fourth-order valence-electron chi connectivity index (χ4n) is 2.81. The number of benzene rings is 3. The number of ether oxygens (including phenoxy) is 3. The quantitative estimate of drug-likeness (QED) is 0.474. The fourth-order valence-corrected chi connectivity index (χ4v) is 2.81. The van der Waals surface area contributed by atoms with E-state index in [1.165, 1.54) is 0 Å². The molecule has 0 saturated carbocycles. The minimum atomic E-state index is 0.217. The summed E-state index contributed by atoms with van der Waals surface area (Å²) < 4.78 is 16.5. The van der Waals surface area contributed by atoms with Gasteiger partial charge in [0.05, 0.1) is 11.6 Å². The van der Waals surface area contributed by atoms with Gasteiger partial charge in [-0.25, -0.2) is 0 Å². The van der Waals surface area contributed by atoms with Crippen LogP contribution in [0.5, 0.6) is 17.2 Å². The van der Waals surface area contributed by atoms with Gasteiger partial charge >= 0.3 is 0 Å². The van der Waals surface area contributed by atoms with Crippen LogP contribution in [0.3, 0.4) is 0 Å². The summed E-state index contributed by atoms with van der Waals surface area (Å²) in [6.07, 6.45) is 1.85. The lowest BCUT2D eigenvalue weighted by atomic mass is 10.0. The molecule has 0 amide bonds. The zero-order valence-electron chi connectivity index (χ0n) is 14.6. The van der Waals surface area contributed by atoms with Crippen molar-refractivity contribution in [2.75, 3.05) is 6.79 Å². The molecule has 0 aliphatic carbocycles. The van der Waals surface area contributed by atoms with E-state index in [9.17, 15) is 5.26 Å². The monoisotopic (exact) mass is 355 g/mol. The predicted molar refractivity (Wildman–Crippen MR) is 103 cm³/mol. The highest BCUT2D eigenvalue weighted by molar-refractivity contribution is 5.90. The Morgan fingerprint density at radius 2 is 1.74 bits per heavy atom. The number of nitrogens with zero attached hydrogens (tertiary/aromatic N) is 1. The second-order valence-electron chi connectivity index (χ2n) is 6.08. The predicted octanol–water partition coefficient (Wildman–Crippen LogP) is 5.06. The minimum absolute atomic E-state index is 0.217. The van der Waals surface area contributed by atoms with Crippen molar-refractivity contribution in [1.29, 1.82) is 5.26 Å². The molecule has 3 aromatic rings. The van der Waals surface area contributed by atoms with E-state index < -0.39 is 0 Å². The molecule has 3 aromatic carbocycles. The van der Waals surface area contributed by atoms with Crippen LogP contribution in [0.25, 0.3) is 11.6 Å². The molecule has 4 rings (SSSR count). The first kappa shape index (κ1) is 16.7. The molecule has 1 aliphatic heterocycles. The van der Waals surface area contributed by atoms with E-state index in [-0.39, 0.29) is 6.79 Å². The van der Waals surface area contributed by atoms with Crippen LogP contribution in [0.2, 0.25) is 0 Å². The topological polar surface area (TPSA) is 51.5 Å². The van der Waals surface area contributed by atoms with Crippen LogP contribution in [0.1, 0.15) is 16.7 Å².